The lowest BCUT2D eigenvalue weighted by molar-refractivity contribution is 0.104. The summed E-state index contributed by atoms with van der Waals surface area (Å²) >= 11 is 0. The van der Waals surface area contributed by atoms with Gasteiger partial charge in [-0.3, -0.25) is 0 Å². The van der Waals surface area contributed by atoms with Crippen LogP contribution in [0.15, 0.2) is 24.3 Å². The van der Waals surface area contributed by atoms with Gasteiger partial charge in [-0.05, 0) is 31.5 Å². The number of anilines is 1. The number of amides is 2. The van der Waals surface area contributed by atoms with Gasteiger partial charge in [0.25, 0.3) is 0 Å². The standard InChI is InChI=1S/C13H19FN2O3/c1-13(6-7-17,9-19-2)16-12(18)15-11-5-3-4-10(14)8-11/h3-5,8,17H,6-7,9H2,1-2H3,(H2,15,16,18). The summed E-state index contributed by atoms with van der Waals surface area (Å²) in [6.45, 7) is 1.96. The molecule has 0 aromatic heterocycles. The smallest absolute Gasteiger partial charge is 0.319 e. The van der Waals surface area contributed by atoms with Crippen molar-refractivity contribution in [3.63, 3.8) is 0 Å². The van der Waals surface area contributed by atoms with Crippen LogP contribution in [0, 0.1) is 5.82 Å². The SMILES string of the molecule is COCC(C)(CCO)NC(=O)Nc1cccc(F)c1. The highest BCUT2D eigenvalue weighted by molar-refractivity contribution is 5.89. The molecule has 106 valence electrons. The minimum Gasteiger partial charge on any atom is -0.396 e. The number of hydrogen-bond donors (Lipinski definition) is 3. The molecular formula is C13H19FN2O3. The Morgan fingerprint density at radius 1 is 1.53 bits per heavy atom. The fraction of sp³-hybridized carbons (Fsp3) is 0.462. The molecule has 1 aromatic rings. The largest absolute Gasteiger partial charge is 0.396 e. The Morgan fingerprint density at radius 2 is 2.26 bits per heavy atom. The van der Waals surface area contributed by atoms with Crippen LogP contribution in [0.1, 0.15) is 13.3 Å². The molecule has 6 heteroatoms. The summed E-state index contributed by atoms with van der Waals surface area (Å²) in [5.74, 6) is -0.423. The zero-order valence-electron chi connectivity index (χ0n) is 11.1. The fourth-order valence-electron chi connectivity index (χ4n) is 1.74. The lowest BCUT2D eigenvalue weighted by atomic mass is 10.00. The highest BCUT2D eigenvalue weighted by Crippen LogP contribution is 2.12. The number of carbonyl (C=O) groups excluding carboxylic acids is 1. The van der Waals surface area contributed by atoms with Crippen LogP contribution in [-0.2, 0) is 4.74 Å². The van der Waals surface area contributed by atoms with E-state index in [0.29, 0.717) is 12.1 Å². The third kappa shape index (κ3) is 5.23. The number of hydrogen-bond acceptors (Lipinski definition) is 3. The molecule has 2 amide bonds. The van der Waals surface area contributed by atoms with Crippen molar-refractivity contribution in [3.05, 3.63) is 30.1 Å². The van der Waals surface area contributed by atoms with Crippen LogP contribution in [0.3, 0.4) is 0 Å². The van der Waals surface area contributed by atoms with Gasteiger partial charge < -0.3 is 20.5 Å². The molecule has 0 bridgehead atoms. The molecule has 0 fully saturated rings. The van der Waals surface area contributed by atoms with Gasteiger partial charge in [-0.25, -0.2) is 9.18 Å². The first-order chi connectivity index (χ1) is 8.99. The Morgan fingerprint density at radius 3 is 2.84 bits per heavy atom. The first kappa shape index (κ1) is 15.4. The lowest BCUT2D eigenvalue weighted by Crippen LogP contribution is -2.51. The molecule has 1 atom stereocenters. The second kappa shape index (κ2) is 7.06. The average molecular weight is 270 g/mol. The number of aliphatic hydroxyl groups is 1. The number of halogens is 1. The summed E-state index contributed by atoms with van der Waals surface area (Å²) in [6, 6.07) is 5.14. The van der Waals surface area contributed by atoms with Gasteiger partial charge in [0.15, 0.2) is 0 Å². The van der Waals surface area contributed by atoms with E-state index in [2.05, 4.69) is 10.6 Å². The monoisotopic (exact) mass is 270 g/mol. The molecule has 1 unspecified atom stereocenters. The molecule has 3 N–H and O–H groups in total. The van der Waals surface area contributed by atoms with E-state index >= 15 is 0 Å². The van der Waals surface area contributed by atoms with Crippen molar-refractivity contribution in [1.29, 1.82) is 0 Å². The van der Waals surface area contributed by atoms with E-state index in [1.807, 2.05) is 0 Å². The van der Waals surface area contributed by atoms with E-state index < -0.39 is 17.4 Å². The van der Waals surface area contributed by atoms with Crippen molar-refractivity contribution in [2.45, 2.75) is 18.9 Å². The van der Waals surface area contributed by atoms with Gasteiger partial charge in [0, 0.05) is 19.4 Å². The minimum atomic E-state index is -0.680. The summed E-state index contributed by atoms with van der Waals surface area (Å²) in [5.41, 5.74) is -0.317. The molecule has 0 spiro atoms. The van der Waals surface area contributed by atoms with Crippen molar-refractivity contribution in [2.75, 3.05) is 25.6 Å². The van der Waals surface area contributed by atoms with Crippen LogP contribution < -0.4 is 10.6 Å². The third-order valence-electron chi connectivity index (χ3n) is 2.62. The van der Waals surface area contributed by atoms with Gasteiger partial charge in [0.2, 0.25) is 0 Å². The molecule has 1 rings (SSSR count). The highest BCUT2D eigenvalue weighted by atomic mass is 19.1. The molecule has 19 heavy (non-hydrogen) atoms. The van der Waals surface area contributed by atoms with Crippen LogP contribution in [0.2, 0.25) is 0 Å². The Kier molecular flexibility index (Phi) is 5.72. The number of rotatable bonds is 6. The van der Waals surface area contributed by atoms with Gasteiger partial charge >= 0.3 is 6.03 Å². The number of nitrogens with one attached hydrogen (secondary N) is 2. The maximum absolute atomic E-state index is 13.0. The highest BCUT2D eigenvalue weighted by Gasteiger charge is 2.25. The van der Waals surface area contributed by atoms with Gasteiger partial charge in [-0.2, -0.15) is 0 Å². The predicted octanol–water partition coefficient (Wildman–Crippen LogP) is 1.73. The lowest BCUT2D eigenvalue weighted by Gasteiger charge is -2.29. The second-order valence-corrected chi connectivity index (χ2v) is 4.56. The van der Waals surface area contributed by atoms with Crippen molar-refractivity contribution in [2.24, 2.45) is 0 Å². The molecule has 0 aliphatic rings. The third-order valence-corrected chi connectivity index (χ3v) is 2.62. The van der Waals surface area contributed by atoms with Crippen molar-refractivity contribution >= 4 is 11.7 Å². The van der Waals surface area contributed by atoms with E-state index in [1.165, 1.54) is 25.3 Å². The Bertz CT molecular complexity index is 420. The van der Waals surface area contributed by atoms with Crippen LogP contribution in [0.4, 0.5) is 14.9 Å². The molecule has 1 aromatic carbocycles. The first-order valence-corrected chi connectivity index (χ1v) is 5.93. The van der Waals surface area contributed by atoms with Crippen LogP contribution in [-0.4, -0.2) is 37.0 Å². The van der Waals surface area contributed by atoms with Gasteiger partial charge in [0.05, 0.1) is 12.1 Å². The number of benzene rings is 1. The molecule has 5 nitrogen and oxygen atoms in total. The Balaban J connectivity index is 2.62. The molecular weight excluding hydrogens is 251 g/mol. The average Bonchev–Trinajstić information content (AvgIpc) is 2.28. The van der Waals surface area contributed by atoms with Crippen LogP contribution in [0.5, 0.6) is 0 Å². The topological polar surface area (TPSA) is 70.6 Å². The van der Waals surface area contributed by atoms with E-state index in [1.54, 1.807) is 13.0 Å². The normalized spacial score (nSPS) is 13.7. The summed E-state index contributed by atoms with van der Waals surface area (Å²) in [6.07, 6.45) is 0.359. The quantitative estimate of drug-likeness (QED) is 0.737. The molecule has 0 aliphatic heterocycles. The maximum atomic E-state index is 13.0. The summed E-state index contributed by atoms with van der Waals surface area (Å²) < 4.78 is 18.0. The number of carbonyl (C=O) groups is 1. The summed E-state index contributed by atoms with van der Waals surface area (Å²) in [7, 11) is 1.52. The second-order valence-electron chi connectivity index (χ2n) is 4.56. The van der Waals surface area contributed by atoms with E-state index in [0.717, 1.165) is 0 Å². The number of aliphatic hydroxyl groups excluding tert-OH is 1. The van der Waals surface area contributed by atoms with Crippen molar-refractivity contribution in [1.82, 2.24) is 5.32 Å². The van der Waals surface area contributed by atoms with E-state index in [9.17, 15) is 9.18 Å². The van der Waals surface area contributed by atoms with E-state index in [4.69, 9.17) is 9.84 Å². The van der Waals surface area contributed by atoms with Gasteiger partial charge in [-0.15, -0.1) is 0 Å². The zero-order valence-corrected chi connectivity index (χ0v) is 11.1. The molecule has 0 saturated carbocycles. The van der Waals surface area contributed by atoms with Crippen molar-refractivity contribution < 1.29 is 19.0 Å². The predicted molar refractivity (Wildman–Crippen MR) is 70.5 cm³/mol. The van der Waals surface area contributed by atoms with Gasteiger partial charge in [0.1, 0.15) is 5.82 Å². The minimum absolute atomic E-state index is 0.0693. The van der Waals surface area contributed by atoms with Gasteiger partial charge in [-0.1, -0.05) is 6.07 Å². The fourth-order valence-corrected chi connectivity index (χ4v) is 1.74. The number of urea groups is 1. The van der Waals surface area contributed by atoms with Crippen LogP contribution >= 0.6 is 0 Å². The molecule has 0 radical (unpaired) electrons. The molecule has 0 saturated heterocycles. The summed E-state index contributed by atoms with van der Waals surface area (Å²) in [5, 5.41) is 14.2. The Hall–Kier alpha value is -1.66. The molecule has 0 aliphatic carbocycles. The maximum Gasteiger partial charge on any atom is 0.319 e. The number of ether oxygens (including phenoxy) is 1. The van der Waals surface area contributed by atoms with Crippen LogP contribution in [0.25, 0.3) is 0 Å². The Labute approximate surface area is 111 Å². The van der Waals surface area contributed by atoms with E-state index in [-0.39, 0.29) is 13.2 Å². The van der Waals surface area contributed by atoms with Crippen molar-refractivity contribution in [3.8, 4) is 0 Å². The first-order valence-electron chi connectivity index (χ1n) is 5.93. The number of methoxy groups -OCH3 is 1. The summed E-state index contributed by atoms with van der Waals surface area (Å²) in [4.78, 5) is 11.8. The zero-order chi connectivity index (χ0) is 14.3. The molecule has 0 heterocycles.